The molecular formula is C16H17N5O2. The number of aromatic nitrogens is 3. The van der Waals surface area contributed by atoms with Crippen LogP contribution in [-0.2, 0) is 6.42 Å². The summed E-state index contributed by atoms with van der Waals surface area (Å²) >= 11 is 0. The lowest BCUT2D eigenvalue weighted by atomic mass is 10.1. The first-order valence-electron chi connectivity index (χ1n) is 7.17. The van der Waals surface area contributed by atoms with E-state index in [4.69, 9.17) is 10.5 Å². The molecule has 0 saturated carbocycles. The van der Waals surface area contributed by atoms with Crippen LogP contribution < -0.4 is 15.8 Å². The molecule has 0 fully saturated rings. The molecule has 2 amide bonds. The van der Waals surface area contributed by atoms with Crippen molar-refractivity contribution < 1.29 is 9.53 Å². The number of nitrogens with two attached hydrogens (primary N) is 1. The van der Waals surface area contributed by atoms with E-state index in [1.807, 2.05) is 41.1 Å². The van der Waals surface area contributed by atoms with E-state index >= 15 is 0 Å². The Morgan fingerprint density at radius 2 is 2.30 bits per heavy atom. The Morgan fingerprint density at radius 3 is 3.09 bits per heavy atom. The van der Waals surface area contributed by atoms with E-state index in [-0.39, 0.29) is 0 Å². The van der Waals surface area contributed by atoms with Gasteiger partial charge in [0, 0.05) is 30.7 Å². The number of carbonyl (C=O) groups excluding carboxylic acids is 1. The third-order valence-electron chi connectivity index (χ3n) is 3.47. The van der Waals surface area contributed by atoms with Gasteiger partial charge in [0.15, 0.2) is 5.65 Å². The molecule has 3 rings (SSSR count). The molecule has 0 aliphatic heterocycles. The maximum absolute atomic E-state index is 10.7. The quantitative estimate of drug-likeness (QED) is 0.748. The zero-order chi connectivity index (χ0) is 16.2. The molecule has 23 heavy (non-hydrogen) atoms. The summed E-state index contributed by atoms with van der Waals surface area (Å²) in [5.41, 5.74) is 8.59. The van der Waals surface area contributed by atoms with Crippen LogP contribution >= 0.6 is 0 Å². The van der Waals surface area contributed by atoms with E-state index < -0.39 is 6.03 Å². The fourth-order valence-electron chi connectivity index (χ4n) is 2.40. The molecule has 2 heterocycles. The molecule has 7 heteroatoms. The lowest BCUT2D eigenvalue weighted by molar-refractivity contribution is 0.249. The topological polar surface area (TPSA) is 94.5 Å². The minimum atomic E-state index is -0.516. The van der Waals surface area contributed by atoms with Crippen LogP contribution in [0.3, 0.4) is 0 Å². The number of hydrogen-bond donors (Lipinski definition) is 2. The van der Waals surface area contributed by atoms with Crippen LogP contribution in [0.5, 0.6) is 5.88 Å². The largest absolute Gasteiger partial charge is 0.478 e. The molecule has 0 unspecified atom stereocenters. The summed E-state index contributed by atoms with van der Waals surface area (Å²) in [6.07, 6.45) is 6.16. The molecule has 0 bridgehead atoms. The highest BCUT2D eigenvalue weighted by atomic mass is 16.5. The average Bonchev–Trinajstić information content (AvgIpc) is 3.02. The number of urea groups is 1. The number of carbonyl (C=O) groups is 1. The second-order valence-corrected chi connectivity index (χ2v) is 5.03. The number of nitrogens with one attached hydrogen (secondary N) is 1. The third kappa shape index (κ3) is 3.23. The van der Waals surface area contributed by atoms with Crippen LogP contribution in [0.2, 0.25) is 0 Å². The Labute approximate surface area is 133 Å². The van der Waals surface area contributed by atoms with Crippen LogP contribution in [0.1, 0.15) is 5.56 Å². The Morgan fingerprint density at radius 1 is 1.43 bits per heavy atom. The normalized spacial score (nSPS) is 10.7. The van der Waals surface area contributed by atoms with Crippen molar-refractivity contribution in [3.05, 3.63) is 48.4 Å². The van der Waals surface area contributed by atoms with Gasteiger partial charge < -0.3 is 20.2 Å². The van der Waals surface area contributed by atoms with Gasteiger partial charge in [-0.2, -0.15) is 0 Å². The summed E-state index contributed by atoms with van der Waals surface area (Å²) in [5.74, 6) is 0.480. The zero-order valence-corrected chi connectivity index (χ0v) is 12.7. The summed E-state index contributed by atoms with van der Waals surface area (Å²) in [4.78, 5) is 19.5. The number of nitrogens with zero attached hydrogens (tertiary/aromatic N) is 3. The summed E-state index contributed by atoms with van der Waals surface area (Å²) < 4.78 is 7.19. The molecule has 0 saturated heterocycles. The first-order valence-corrected chi connectivity index (χ1v) is 7.17. The second kappa shape index (κ2) is 6.35. The Balaban J connectivity index is 1.90. The highest BCUT2D eigenvalue weighted by Gasteiger charge is 2.09. The van der Waals surface area contributed by atoms with E-state index in [0.29, 0.717) is 24.5 Å². The van der Waals surface area contributed by atoms with E-state index in [2.05, 4.69) is 15.3 Å². The maximum Gasteiger partial charge on any atom is 0.312 e. The summed E-state index contributed by atoms with van der Waals surface area (Å²) in [5, 5.41) is 2.58. The van der Waals surface area contributed by atoms with Crippen LogP contribution in [0.15, 0.2) is 42.9 Å². The lowest BCUT2D eigenvalue weighted by Crippen LogP contribution is -2.30. The van der Waals surface area contributed by atoms with Crippen molar-refractivity contribution in [1.82, 2.24) is 19.7 Å². The number of imidazole rings is 1. The van der Waals surface area contributed by atoms with Gasteiger partial charge >= 0.3 is 6.03 Å². The molecular weight excluding hydrogens is 294 g/mol. The van der Waals surface area contributed by atoms with Crippen molar-refractivity contribution in [2.24, 2.45) is 5.73 Å². The van der Waals surface area contributed by atoms with Crippen LogP contribution in [0, 0.1) is 0 Å². The molecule has 1 aromatic carbocycles. The van der Waals surface area contributed by atoms with E-state index in [0.717, 1.165) is 16.8 Å². The summed E-state index contributed by atoms with van der Waals surface area (Å²) in [7, 11) is 1.58. The van der Waals surface area contributed by atoms with Crippen molar-refractivity contribution in [2.45, 2.75) is 6.42 Å². The van der Waals surface area contributed by atoms with Gasteiger partial charge in [-0.3, -0.25) is 0 Å². The monoisotopic (exact) mass is 311 g/mol. The first kappa shape index (κ1) is 14.8. The van der Waals surface area contributed by atoms with Crippen molar-refractivity contribution in [1.29, 1.82) is 0 Å². The smallest absolute Gasteiger partial charge is 0.312 e. The average molecular weight is 311 g/mol. The number of ether oxygens (including phenoxy) is 1. The Kier molecular flexibility index (Phi) is 4.09. The number of methoxy groups -OCH3 is 1. The van der Waals surface area contributed by atoms with Crippen molar-refractivity contribution >= 4 is 11.7 Å². The third-order valence-corrected chi connectivity index (χ3v) is 3.47. The summed E-state index contributed by atoms with van der Waals surface area (Å²) in [6.45, 7) is 0.496. The van der Waals surface area contributed by atoms with Gasteiger partial charge in [-0.1, -0.05) is 18.2 Å². The number of hydrogen-bond acceptors (Lipinski definition) is 4. The van der Waals surface area contributed by atoms with Gasteiger partial charge in [-0.05, 0) is 18.1 Å². The number of rotatable bonds is 5. The number of fused-ring (bicyclic) bond motifs is 1. The number of primary amides is 1. The first-order chi connectivity index (χ1) is 11.2. The standard InChI is InChI=1S/C16H17N5O2/c1-23-15-14-18-7-8-21(14)10-13(20-15)12-4-2-3-11(9-12)5-6-19-16(17)22/h2-4,7-10H,5-6H2,1H3,(H3,17,19,22). The minimum absolute atomic E-state index is 0.480. The van der Waals surface area contributed by atoms with Gasteiger partial charge in [0.1, 0.15) is 0 Å². The molecule has 7 nitrogen and oxygen atoms in total. The Bertz CT molecular complexity index is 843. The molecule has 0 radical (unpaired) electrons. The van der Waals surface area contributed by atoms with E-state index in [9.17, 15) is 4.79 Å². The van der Waals surface area contributed by atoms with Gasteiger partial charge in [-0.15, -0.1) is 0 Å². The highest BCUT2D eigenvalue weighted by Crippen LogP contribution is 2.23. The zero-order valence-electron chi connectivity index (χ0n) is 12.7. The molecule has 0 spiro atoms. The van der Waals surface area contributed by atoms with Crippen molar-refractivity contribution in [3.63, 3.8) is 0 Å². The number of amides is 2. The van der Waals surface area contributed by atoms with Gasteiger partial charge in [-0.25, -0.2) is 14.8 Å². The molecule has 3 N–H and O–H groups in total. The fraction of sp³-hybridized carbons (Fsp3) is 0.188. The molecule has 0 aliphatic rings. The molecule has 3 aromatic rings. The summed E-state index contributed by atoms with van der Waals surface area (Å²) in [6, 6.07) is 7.46. The molecule has 0 atom stereocenters. The minimum Gasteiger partial charge on any atom is -0.478 e. The van der Waals surface area contributed by atoms with Crippen molar-refractivity contribution in [3.8, 4) is 17.1 Å². The highest BCUT2D eigenvalue weighted by molar-refractivity contribution is 5.71. The maximum atomic E-state index is 10.7. The van der Waals surface area contributed by atoms with Crippen LogP contribution in [0.25, 0.3) is 16.9 Å². The molecule has 2 aromatic heterocycles. The van der Waals surface area contributed by atoms with Crippen molar-refractivity contribution in [2.75, 3.05) is 13.7 Å². The lowest BCUT2D eigenvalue weighted by Gasteiger charge is -2.08. The number of benzene rings is 1. The molecule has 0 aliphatic carbocycles. The second-order valence-electron chi connectivity index (χ2n) is 5.03. The Hall–Kier alpha value is -3.09. The van der Waals surface area contributed by atoms with Crippen LogP contribution in [-0.4, -0.2) is 34.1 Å². The predicted octanol–water partition coefficient (Wildman–Crippen LogP) is 1.62. The van der Waals surface area contributed by atoms with Gasteiger partial charge in [0.05, 0.1) is 12.8 Å². The predicted molar refractivity (Wildman–Crippen MR) is 86.3 cm³/mol. The van der Waals surface area contributed by atoms with Crippen LogP contribution in [0.4, 0.5) is 4.79 Å². The SMILES string of the molecule is COc1nc(-c2cccc(CCNC(N)=O)c2)cn2ccnc12. The van der Waals surface area contributed by atoms with Gasteiger partial charge in [0.25, 0.3) is 5.88 Å². The fourth-order valence-corrected chi connectivity index (χ4v) is 2.40. The van der Waals surface area contributed by atoms with E-state index in [1.54, 1.807) is 13.3 Å². The van der Waals surface area contributed by atoms with Gasteiger partial charge in [0.2, 0.25) is 0 Å². The molecule has 118 valence electrons. The van der Waals surface area contributed by atoms with E-state index in [1.165, 1.54) is 0 Å².